The lowest BCUT2D eigenvalue weighted by molar-refractivity contribution is -0.126. The first-order valence-electron chi connectivity index (χ1n) is 8.41. The molecule has 128 valence electrons. The molecule has 1 aromatic carbocycles. The molecule has 0 radical (unpaired) electrons. The summed E-state index contributed by atoms with van der Waals surface area (Å²) in [7, 11) is 0. The van der Waals surface area contributed by atoms with Crippen molar-refractivity contribution < 1.29 is 14.3 Å². The second kappa shape index (κ2) is 9.53. The number of nitrogens with one attached hydrogen (secondary N) is 1. The highest BCUT2D eigenvalue weighted by Crippen LogP contribution is 2.17. The molecule has 1 N–H and O–H groups in total. The number of benzene rings is 1. The number of likely N-dealkylation sites (tertiary alicyclic amines) is 1. The maximum Gasteiger partial charge on any atom is 0.246 e. The standard InChI is InChI=1S/C18H28N2O3/c1-15(2)20-9-8-16(13-20)12-19-18(21)14-22-10-11-23-17-6-4-3-5-7-17/h3-7,15-16H,8-14H2,1-2H3,(H,19,21)/t16-/m1/s1. The van der Waals surface area contributed by atoms with Crippen LogP contribution in [0.1, 0.15) is 20.3 Å². The summed E-state index contributed by atoms with van der Waals surface area (Å²) in [4.78, 5) is 14.2. The van der Waals surface area contributed by atoms with Crippen molar-refractivity contribution in [3.8, 4) is 5.75 Å². The molecule has 5 heteroatoms. The van der Waals surface area contributed by atoms with Crippen molar-refractivity contribution in [2.45, 2.75) is 26.3 Å². The minimum atomic E-state index is -0.0484. The van der Waals surface area contributed by atoms with Gasteiger partial charge in [0.15, 0.2) is 0 Å². The normalized spacial score (nSPS) is 18.3. The number of rotatable bonds is 9. The molecule has 0 bridgehead atoms. The minimum Gasteiger partial charge on any atom is -0.491 e. The average Bonchev–Trinajstić information content (AvgIpc) is 3.03. The van der Waals surface area contributed by atoms with E-state index in [2.05, 4.69) is 24.1 Å². The summed E-state index contributed by atoms with van der Waals surface area (Å²) in [6, 6.07) is 10.2. The van der Waals surface area contributed by atoms with Crippen molar-refractivity contribution >= 4 is 5.91 Å². The molecule has 1 saturated heterocycles. The average molecular weight is 320 g/mol. The summed E-state index contributed by atoms with van der Waals surface area (Å²) < 4.78 is 10.8. The number of nitrogens with zero attached hydrogens (tertiary/aromatic N) is 1. The molecular weight excluding hydrogens is 292 g/mol. The van der Waals surface area contributed by atoms with Crippen LogP contribution in [0.4, 0.5) is 0 Å². The van der Waals surface area contributed by atoms with Crippen LogP contribution in [-0.4, -0.2) is 56.3 Å². The van der Waals surface area contributed by atoms with Gasteiger partial charge in [-0.05, 0) is 44.9 Å². The molecule has 5 nitrogen and oxygen atoms in total. The zero-order valence-electron chi connectivity index (χ0n) is 14.2. The molecule has 1 fully saturated rings. The Labute approximate surface area is 139 Å². The Balaban J connectivity index is 1.49. The molecule has 1 aliphatic heterocycles. The summed E-state index contributed by atoms with van der Waals surface area (Å²) >= 11 is 0. The maximum absolute atomic E-state index is 11.8. The van der Waals surface area contributed by atoms with Gasteiger partial charge in [-0.1, -0.05) is 18.2 Å². The first kappa shape index (κ1) is 17.8. The summed E-state index contributed by atoms with van der Waals surface area (Å²) in [5.41, 5.74) is 0. The van der Waals surface area contributed by atoms with E-state index in [0.29, 0.717) is 25.2 Å². The molecule has 0 unspecified atom stereocenters. The van der Waals surface area contributed by atoms with Crippen molar-refractivity contribution in [1.82, 2.24) is 10.2 Å². The second-order valence-electron chi connectivity index (χ2n) is 6.26. The molecule has 0 aromatic heterocycles. The van der Waals surface area contributed by atoms with Crippen LogP contribution in [0.15, 0.2) is 30.3 Å². The number of carbonyl (C=O) groups excluding carboxylic acids is 1. The van der Waals surface area contributed by atoms with E-state index in [-0.39, 0.29) is 12.5 Å². The van der Waals surface area contributed by atoms with E-state index in [4.69, 9.17) is 9.47 Å². The van der Waals surface area contributed by atoms with Gasteiger partial charge < -0.3 is 19.7 Å². The number of ether oxygens (including phenoxy) is 2. The van der Waals surface area contributed by atoms with E-state index in [1.54, 1.807) is 0 Å². The Morgan fingerprint density at radius 2 is 2.09 bits per heavy atom. The Bertz CT molecular complexity index is 465. The lowest BCUT2D eigenvalue weighted by atomic mass is 10.1. The van der Waals surface area contributed by atoms with Gasteiger partial charge in [0, 0.05) is 19.1 Å². The quantitative estimate of drug-likeness (QED) is 0.707. The lowest BCUT2D eigenvalue weighted by Crippen LogP contribution is -2.34. The Morgan fingerprint density at radius 1 is 1.30 bits per heavy atom. The third-order valence-corrected chi connectivity index (χ3v) is 4.11. The van der Waals surface area contributed by atoms with Crippen LogP contribution in [0.3, 0.4) is 0 Å². The summed E-state index contributed by atoms with van der Waals surface area (Å²) in [5, 5.41) is 2.96. The van der Waals surface area contributed by atoms with Crippen LogP contribution < -0.4 is 10.1 Å². The number of carbonyl (C=O) groups is 1. The highest BCUT2D eigenvalue weighted by atomic mass is 16.5. The fourth-order valence-corrected chi connectivity index (χ4v) is 2.71. The van der Waals surface area contributed by atoms with Gasteiger partial charge in [-0.2, -0.15) is 0 Å². The van der Waals surface area contributed by atoms with Gasteiger partial charge in [-0.3, -0.25) is 4.79 Å². The van der Waals surface area contributed by atoms with Gasteiger partial charge in [0.1, 0.15) is 19.0 Å². The van der Waals surface area contributed by atoms with E-state index in [1.807, 2.05) is 30.3 Å². The Morgan fingerprint density at radius 3 is 2.78 bits per heavy atom. The summed E-state index contributed by atoms with van der Waals surface area (Å²) in [5.74, 6) is 1.33. The van der Waals surface area contributed by atoms with Crippen molar-refractivity contribution in [2.24, 2.45) is 5.92 Å². The maximum atomic E-state index is 11.8. The summed E-state index contributed by atoms with van der Waals surface area (Å²) in [6.07, 6.45) is 1.16. The second-order valence-corrected chi connectivity index (χ2v) is 6.26. The molecule has 1 heterocycles. The van der Waals surface area contributed by atoms with Gasteiger partial charge in [-0.15, -0.1) is 0 Å². The van der Waals surface area contributed by atoms with Crippen LogP contribution in [0.25, 0.3) is 0 Å². The molecule has 1 amide bonds. The van der Waals surface area contributed by atoms with E-state index >= 15 is 0 Å². The number of hydrogen-bond donors (Lipinski definition) is 1. The van der Waals surface area contributed by atoms with Crippen molar-refractivity contribution in [3.05, 3.63) is 30.3 Å². The fraction of sp³-hybridized carbons (Fsp3) is 0.611. The number of amides is 1. The van der Waals surface area contributed by atoms with Gasteiger partial charge in [0.05, 0.1) is 6.61 Å². The highest BCUT2D eigenvalue weighted by Gasteiger charge is 2.24. The zero-order valence-corrected chi connectivity index (χ0v) is 14.2. The number of hydrogen-bond acceptors (Lipinski definition) is 4. The minimum absolute atomic E-state index is 0.0484. The van der Waals surface area contributed by atoms with Gasteiger partial charge in [0.2, 0.25) is 5.91 Å². The molecule has 0 aliphatic carbocycles. The largest absolute Gasteiger partial charge is 0.491 e. The molecule has 2 rings (SSSR count). The van der Waals surface area contributed by atoms with Gasteiger partial charge >= 0.3 is 0 Å². The Kier molecular flexibility index (Phi) is 7.36. The van der Waals surface area contributed by atoms with Crippen molar-refractivity contribution in [2.75, 3.05) is 39.5 Å². The lowest BCUT2D eigenvalue weighted by Gasteiger charge is -2.20. The van der Waals surface area contributed by atoms with Crippen LogP contribution in [0, 0.1) is 5.92 Å². The fourth-order valence-electron chi connectivity index (χ4n) is 2.71. The van der Waals surface area contributed by atoms with Crippen LogP contribution in [0.5, 0.6) is 5.75 Å². The molecular formula is C18H28N2O3. The smallest absolute Gasteiger partial charge is 0.246 e. The molecule has 1 aliphatic rings. The van der Waals surface area contributed by atoms with Crippen LogP contribution in [0.2, 0.25) is 0 Å². The predicted octanol–water partition coefficient (Wildman–Crippen LogP) is 1.93. The number of para-hydroxylation sites is 1. The monoisotopic (exact) mass is 320 g/mol. The topological polar surface area (TPSA) is 50.8 Å². The molecule has 0 saturated carbocycles. The first-order chi connectivity index (χ1) is 11.1. The first-order valence-corrected chi connectivity index (χ1v) is 8.41. The SMILES string of the molecule is CC(C)N1CC[C@H](CNC(=O)COCCOc2ccccc2)C1. The summed E-state index contributed by atoms with van der Waals surface area (Å²) in [6.45, 7) is 8.33. The third kappa shape index (κ3) is 6.59. The third-order valence-electron chi connectivity index (χ3n) is 4.11. The van der Waals surface area contributed by atoms with E-state index < -0.39 is 0 Å². The molecule has 1 aromatic rings. The van der Waals surface area contributed by atoms with Crippen molar-refractivity contribution in [1.29, 1.82) is 0 Å². The van der Waals surface area contributed by atoms with Crippen molar-refractivity contribution in [3.63, 3.8) is 0 Å². The highest BCUT2D eigenvalue weighted by molar-refractivity contribution is 5.77. The van der Waals surface area contributed by atoms with Crippen LogP contribution >= 0.6 is 0 Å². The Hall–Kier alpha value is -1.59. The van der Waals surface area contributed by atoms with E-state index in [9.17, 15) is 4.79 Å². The van der Waals surface area contributed by atoms with Gasteiger partial charge in [0.25, 0.3) is 0 Å². The van der Waals surface area contributed by atoms with Crippen LogP contribution in [-0.2, 0) is 9.53 Å². The van der Waals surface area contributed by atoms with E-state index in [0.717, 1.165) is 31.8 Å². The molecule has 0 spiro atoms. The molecule has 1 atom stereocenters. The zero-order chi connectivity index (χ0) is 16.5. The molecule has 23 heavy (non-hydrogen) atoms. The predicted molar refractivity (Wildman–Crippen MR) is 90.6 cm³/mol. The van der Waals surface area contributed by atoms with Gasteiger partial charge in [-0.25, -0.2) is 0 Å². The van der Waals surface area contributed by atoms with E-state index in [1.165, 1.54) is 0 Å².